The number of rotatable bonds is 5. The first-order chi connectivity index (χ1) is 10.7. The molecule has 1 aromatic heterocycles. The molecule has 2 aromatic rings. The van der Waals surface area contributed by atoms with E-state index < -0.39 is 17.0 Å². The molecular formula is C15H16F2N2O3. The molecule has 0 bridgehead atoms. The molecule has 1 saturated heterocycles. The van der Waals surface area contributed by atoms with Gasteiger partial charge in [-0.2, -0.15) is 4.98 Å². The Hall–Kier alpha value is -1.86. The first-order valence-electron chi connectivity index (χ1n) is 7.06. The Morgan fingerprint density at radius 1 is 1.23 bits per heavy atom. The predicted molar refractivity (Wildman–Crippen MR) is 72.0 cm³/mol. The van der Waals surface area contributed by atoms with Gasteiger partial charge in [-0.15, -0.1) is 0 Å². The summed E-state index contributed by atoms with van der Waals surface area (Å²) < 4.78 is 43.2. The standard InChI is InChI=1S/C15H16F2N2O3/c16-11-1-2-12(13(17)7-11)15(3-5-20-6-4-15)9-21-8-14-18-10-19-22-14/h1-2,7,10H,3-6,8-9H2. The number of benzene rings is 1. The lowest BCUT2D eigenvalue weighted by Crippen LogP contribution is -2.39. The third-order valence-electron chi connectivity index (χ3n) is 3.96. The van der Waals surface area contributed by atoms with Gasteiger partial charge in [-0.25, -0.2) is 8.78 Å². The molecule has 2 heterocycles. The van der Waals surface area contributed by atoms with Crippen LogP contribution in [-0.4, -0.2) is 30.0 Å². The molecule has 0 unspecified atom stereocenters. The fourth-order valence-corrected chi connectivity index (χ4v) is 2.77. The van der Waals surface area contributed by atoms with Crippen molar-refractivity contribution in [3.8, 4) is 0 Å². The van der Waals surface area contributed by atoms with E-state index in [1.807, 2.05) is 0 Å². The lowest BCUT2D eigenvalue weighted by Gasteiger charge is -2.37. The van der Waals surface area contributed by atoms with E-state index in [1.165, 1.54) is 18.5 Å². The van der Waals surface area contributed by atoms with E-state index in [9.17, 15) is 8.78 Å². The maximum atomic E-state index is 14.2. The molecule has 118 valence electrons. The minimum Gasteiger partial charge on any atom is -0.381 e. The van der Waals surface area contributed by atoms with Crippen molar-refractivity contribution < 1.29 is 22.8 Å². The summed E-state index contributed by atoms with van der Waals surface area (Å²) >= 11 is 0. The molecule has 1 aliphatic heterocycles. The van der Waals surface area contributed by atoms with E-state index in [-0.39, 0.29) is 13.2 Å². The zero-order valence-electron chi connectivity index (χ0n) is 11.9. The summed E-state index contributed by atoms with van der Waals surface area (Å²) in [4.78, 5) is 3.87. The van der Waals surface area contributed by atoms with Gasteiger partial charge in [-0.1, -0.05) is 11.2 Å². The minimum atomic E-state index is -0.588. The van der Waals surface area contributed by atoms with E-state index in [4.69, 9.17) is 14.0 Å². The lowest BCUT2D eigenvalue weighted by atomic mass is 9.74. The summed E-state index contributed by atoms with van der Waals surface area (Å²) in [5, 5.41) is 3.50. The van der Waals surface area contributed by atoms with Crippen molar-refractivity contribution in [1.29, 1.82) is 0 Å². The second-order valence-corrected chi connectivity index (χ2v) is 5.34. The third-order valence-corrected chi connectivity index (χ3v) is 3.96. The van der Waals surface area contributed by atoms with Crippen LogP contribution in [0, 0.1) is 11.6 Å². The molecule has 0 saturated carbocycles. The molecule has 0 amide bonds. The zero-order valence-corrected chi connectivity index (χ0v) is 11.9. The minimum absolute atomic E-state index is 0.158. The van der Waals surface area contributed by atoms with E-state index in [2.05, 4.69) is 10.1 Å². The summed E-state index contributed by atoms with van der Waals surface area (Å²) in [5.74, 6) is -0.777. The number of hydrogen-bond acceptors (Lipinski definition) is 5. The van der Waals surface area contributed by atoms with Crippen molar-refractivity contribution in [2.75, 3.05) is 19.8 Å². The number of nitrogens with zero attached hydrogens (tertiary/aromatic N) is 2. The van der Waals surface area contributed by atoms with Crippen molar-refractivity contribution in [3.05, 3.63) is 47.6 Å². The van der Waals surface area contributed by atoms with Gasteiger partial charge < -0.3 is 14.0 Å². The highest BCUT2D eigenvalue weighted by Gasteiger charge is 2.37. The van der Waals surface area contributed by atoms with Gasteiger partial charge in [-0.05, 0) is 24.5 Å². The van der Waals surface area contributed by atoms with Crippen LogP contribution < -0.4 is 0 Å². The average Bonchev–Trinajstić information content (AvgIpc) is 3.01. The van der Waals surface area contributed by atoms with Crippen LogP contribution in [0.1, 0.15) is 24.3 Å². The Labute approximate surface area is 126 Å². The van der Waals surface area contributed by atoms with Gasteiger partial charge in [0.05, 0.1) is 6.61 Å². The Bertz CT molecular complexity index is 613. The van der Waals surface area contributed by atoms with Gasteiger partial charge in [0.25, 0.3) is 5.89 Å². The molecule has 22 heavy (non-hydrogen) atoms. The predicted octanol–water partition coefficient (Wildman–Crippen LogP) is 2.61. The number of halogens is 2. The monoisotopic (exact) mass is 310 g/mol. The first kappa shape index (κ1) is 15.1. The molecule has 0 atom stereocenters. The molecule has 0 radical (unpaired) electrons. The molecule has 7 heteroatoms. The Morgan fingerprint density at radius 2 is 2.05 bits per heavy atom. The van der Waals surface area contributed by atoms with Crippen LogP contribution in [0.3, 0.4) is 0 Å². The second-order valence-electron chi connectivity index (χ2n) is 5.34. The smallest absolute Gasteiger partial charge is 0.252 e. The van der Waals surface area contributed by atoms with Crippen LogP contribution in [0.25, 0.3) is 0 Å². The van der Waals surface area contributed by atoms with Crippen LogP contribution in [0.4, 0.5) is 8.78 Å². The van der Waals surface area contributed by atoms with Gasteiger partial charge in [-0.3, -0.25) is 0 Å². The van der Waals surface area contributed by atoms with E-state index in [0.717, 1.165) is 6.07 Å². The van der Waals surface area contributed by atoms with Crippen molar-refractivity contribution in [2.24, 2.45) is 0 Å². The van der Waals surface area contributed by atoms with E-state index >= 15 is 0 Å². The number of ether oxygens (including phenoxy) is 2. The third kappa shape index (κ3) is 3.15. The maximum Gasteiger partial charge on any atom is 0.252 e. The first-order valence-corrected chi connectivity index (χ1v) is 7.06. The summed E-state index contributed by atoms with van der Waals surface area (Å²) in [7, 11) is 0. The highest BCUT2D eigenvalue weighted by atomic mass is 19.1. The van der Waals surface area contributed by atoms with Gasteiger partial charge in [0, 0.05) is 24.7 Å². The zero-order chi connectivity index (χ0) is 15.4. The van der Waals surface area contributed by atoms with E-state index in [1.54, 1.807) is 0 Å². The molecule has 1 aliphatic rings. The number of hydrogen-bond donors (Lipinski definition) is 0. The maximum absolute atomic E-state index is 14.2. The van der Waals surface area contributed by atoms with Crippen molar-refractivity contribution in [3.63, 3.8) is 0 Å². The fourth-order valence-electron chi connectivity index (χ4n) is 2.77. The lowest BCUT2D eigenvalue weighted by molar-refractivity contribution is -0.0107. The van der Waals surface area contributed by atoms with Crippen molar-refractivity contribution in [1.82, 2.24) is 10.1 Å². The van der Waals surface area contributed by atoms with Gasteiger partial charge in [0.1, 0.15) is 18.2 Å². The topological polar surface area (TPSA) is 57.4 Å². The summed E-state index contributed by atoms with van der Waals surface area (Å²) in [6.07, 6.45) is 2.52. The molecule has 0 N–H and O–H groups in total. The fraction of sp³-hybridized carbons (Fsp3) is 0.467. The Morgan fingerprint density at radius 3 is 2.73 bits per heavy atom. The molecule has 3 rings (SSSR count). The molecule has 0 spiro atoms. The SMILES string of the molecule is Fc1ccc(C2(COCc3ncno3)CCOCC2)c(F)c1. The quantitative estimate of drug-likeness (QED) is 0.849. The second kappa shape index (κ2) is 6.50. The van der Waals surface area contributed by atoms with Gasteiger partial charge in [0.2, 0.25) is 0 Å². The van der Waals surface area contributed by atoms with Crippen LogP contribution in [0.2, 0.25) is 0 Å². The molecule has 1 aromatic carbocycles. The van der Waals surface area contributed by atoms with Crippen LogP contribution in [-0.2, 0) is 21.5 Å². The summed E-state index contributed by atoms with van der Waals surface area (Å²) in [6.45, 7) is 1.47. The summed E-state index contributed by atoms with van der Waals surface area (Å²) in [6, 6.07) is 3.67. The molecule has 1 fully saturated rings. The van der Waals surface area contributed by atoms with Crippen molar-refractivity contribution in [2.45, 2.75) is 24.9 Å². The highest BCUT2D eigenvalue weighted by Crippen LogP contribution is 2.37. The van der Waals surface area contributed by atoms with Crippen LogP contribution in [0.5, 0.6) is 0 Å². The van der Waals surface area contributed by atoms with Crippen LogP contribution in [0.15, 0.2) is 29.0 Å². The summed E-state index contributed by atoms with van der Waals surface area (Å²) in [5.41, 5.74) is -0.0708. The highest BCUT2D eigenvalue weighted by molar-refractivity contribution is 5.28. The van der Waals surface area contributed by atoms with Gasteiger partial charge >= 0.3 is 0 Å². The van der Waals surface area contributed by atoms with Crippen LogP contribution >= 0.6 is 0 Å². The van der Waals surface area contributed by atoms with Crippen molar-refractivity contribution >= 4 is 0 Å². The average molecular weight is 310 g/mol. The molecular weight excluding hydrogens is 294 g/mol. The molecule has 0 aliphatic carbocycles. The Balaban J connectivity index is 1.78. The van der Waals surface area contributed by atoms with Gasteiger partial charge in [0.15, 0.2) is 6.33 Å². The normalized spacial score (nSPS) is 17.5. The largest absolute Gasteiger partial charge is 0.381 e. The Kier molecular flexibility index (Phi) is 4.44. The number of aromatic nitrogens is 2. The van der Waals surface area contributed by atoms with E-state index in [0.29, 0.717) is 37.5 Å². The molecule has 5 nitrogen and oxygen atoms in total.